The Morgan fingerprint density at radius 2 is 1.92 bits per heavy atom. The first-order valence-electron chi connectivity index (χ1n) is 8.61. The van der Waals surface area contributed by atoms with Gasteiger partial charge in [0.05, 0.1) is 0 Å². The summed E-state index contributed by atoms with van der Waals surface area (Å²) in [4.78, 5) is 20.9. The van der Waals surface area contributed by atoms with Crippen molar-refractivity contribution < 1.29 is 9.32 Å². The Morgan fingerprint density at radius 1 is 1.12 bits per heavy atom. The second-order valence-corrected chi connectivity index (χ2v) is 6.54. The molecule has 0 aromatic carbocycles. The number of aryl methyl sites for hydroxylation is 1. The van der Waals surface area contributed by atoms with E-state index in [0.29, 0.717) is 18.1 Å². The minimum Gasteiger partial charge on any atom is -0.360 e. The van der Waals surface area contributed by atoms with Crippen LogP contribution in [0.1, 0.15) is 53.9 Å². The van der Waals surface area contributed by atoms with Crippen LogP contribution in [0.5, 0.6) is 0 Å². The first kappa shape index (κ1) is 15.1. The molecule has 7 nitrogen and oxygen atoms in total. The minimum absolute atomic E-state index is 0.108. The molecule has 7 heteroatoms. The Balaban J connectivity index is 1.46. The molecule has 24 heavy (non-hydrogen) atoms. The molecule has 1 atom stereocenters. The first-order valence-corrected chi connectivity index (χ1v) is 8.61. The van der Waals surface area contributed by atoms with E-state index in [1.54, 1.807) is 18.5 Å². The van der Waals surface area contributed by atoms with E-state index in [1.807, 2.05) is 0 Å². The maximum atomic E-state index is 12.5. The van der Waals surface area contributed by atoms with Gasteiger partial charge in [-0.25, -0.2) is 9.97 Å². The van der Waals surface area contributed by atoms with Crippen molar-refractivity contribution in [1.29, 1.82) is 0 Å². The van der Waals surface area contributed by atoms with Gasteiger partial charge in [-0.1, -0.05) is 18.0 Å². The Labute approximate surface area is 140 Å². The van der Waals surface area contributed by atoms with E-state index in [-0.39, 0.29) is 18.0 Å². The fourth-order valence-corrected chi connectivity index (χ4v) is 3.59. The number of amides is 1. The molecule has 126 valence electrons. The molecule has 2 heterocycles. The van der Waals surface area contributed by atoms with Crippen molar-refractivity contribution in [3.8, 4) is 0 Å². The molecule has 0 saturated heterocycles. The maximum Gasteiger partial charge on any atom is 0.273 e. The van der Waals surface area contributed by atoms with Crippen LogP contribution < -0.4 is 10.6 Å². The van der Waals surface area contributed by atoms with Gasteiger partial charge in [0.15, 0.2) is 5.69 Å². The predicted octanol–water partition coefficient (Wildman–Crippen LogP) is 2.11. The smallest absolute Gasteiger partial charge is 0.273 e. The lowest BCUT2D eigenvalue weighted by molar-refractivity contribution is 0.0928. The maximum absolute atomic E-state index is 12.5. The molecule has 4 rings (SSSR count). The van der Waals surface area contributed by atoms with Gasteiger partial charge in [-0.2, -0.15) is 0 Å². The van der Waals surface area contributed by atoms with E-state index in [4.69, 9.17) is 4.52 Å². The van der Waals surface area contributed by atoms with Gasteiger partial charge in [-0.3, -0.25) is 4.79 Å². The molecular weight excluding hydrogens is 306 g/mol. The number of carbonyl (C=O) groups is 1. The Morgan fingerprint density at radius 3 is 2.71 bits per heavy atom. The van der Waals surface area contributed by atoms with Gasteiger partial charge in [-0.05, 0) is 31.7 Å². The van der Waals surface area contributed by atoms with Gasteiger partial charge in [0, 0.05) is 36.5 Å². The highest BCUT2D eigenvalue weighted by atomic mass is 16.5. The second-order valence-electron chi connectivity index (χ2n) is 6.54. The number of nitrogens with one attached hydrogen (secondary N) is 2. The molecule has 0 aliphatic heterocycles. The highest BCUT2D eigenvalue weighted by molar-refractivity contribution is 5.94. The highest BCUT2D eigenvalue weighted by Gasteiger charge is 2.30. The van der Waals surface area contributed by atoms with Crippen LogP contribution in [0.25, 0.3) is 0 Å². The number of aromatic nitrogens is 3. The number of hydrogen-bond acceptors (Lipinski definition) is 6. The van der Waals surface area contributed by atoms with Gasteiger partial charge in [0.25, 0.3) is 5.91 Å². The molecule has 1 amide bonds. The molecule has 2 aromatic heterocycles. The summed E-state index contributed by atoms with van der Waals surface area (Å²) in [6, 6.07) is 2.24. The quantitative estimate of drug-likeness (QED) is 0.893. The van der Waals surface area contributed by atoms with Crippen molar-refractivity contribution in [2.24, 2.45) is 0 Å². The van der Waals surface area contributed by atoms with Crippen molar-refractivity contribution in [1.82, 2.24) is 20.4 Å². The summed E-state index contributed by atoms with van der Waals surface area (Å²) >= 11 is 0. The van der Waals surface area contributed by atoms with E-state index < -0.39 is 0 Å². The Bertz CT molecular complexity index is 709. The molecular formula is C17H21N5O2. The number of nitrogens with zero attached hydrogens (tertiary/aromatic N) is 3. The van der Waals surface area contributed by atoms with E-state index in [0.717, 1.165) is 37.0 Å². The third-order valence-electron chi connectivity index (χ3n) is 4.84. The minimum atomic E-state index is -0.108. The standard InChI is InChI=1S/C17H21N5O2/c23-16(20-11-4-1-2-5-11)15-13-10-12(6-7-14(13)24-22-15)21-17-18-8-3-9-19-17/h3,8-9,11-12H,1-2,4-7,10H2,(H,20,23)(H,18,19,21). The van der Waals surface area contributed by atoms with E-state index in [1.165, 1.54) is 12.8 Å². The fraction of sp³-hybridized carbons (Fsp3) is 0.529. The summed E-state index contributed by atoms with van der Waals surface area (Å²) in [5.74, 6) is 1.33. The number of hydrogen-bond donors (Lipinski definition) is 2. The highest BCUT2D eigenvalue weighted by Crippen LogP contribution is 2.26. The SMILES string of the molecule is O=C(NC1CCCC1)c1noc2c1CC(Nc1ncccn1)CC2. The van der Waals surface area contributed by atoms with Gasteiger partial charge in [0.2, 0.25) is 5.95 Å². The van der Waals surface area contributed by atoms with E-state index in [9.17, 15) is 4.79 Å². The number of anilines is 1. The molecule has 2 aliphatic rings. The number of rotatable bonds is 4. The van der Waals surface area contributed by atoms with Crippen LogP contribution >= 0.6 is 0 Å². The van der Waals surface area contributed by atoms with Crippen LogP contribution in [0.15, 0.2) is 23.0 Å². The summed E-state index contributed by atoms with van der Waals surface area (Å²) in [5, 5.41) is 10.5. The van der Waals surface area contributed by atoms with E-state index in [2.05, 4.69) is 25.8 Å². The van der Waals surface area contributed by atoms with Gasteiger partial charge in [-0.15, -0.1) is 0 Å². The van der Waals surface area contributed by atoms with Crippen molar-refractivity contribution in [2.75, 3.05) is 5.32 Å². The van der Waals surface area contributed by atoms with Crippen molar-refractivity contribution in [3.05, 3.63) is 35.5 Å². The van der Waals surface area contributed by atoms with Crippen LogP contribution in [-0.4, -0.2) is 33.1 Å². The zero-order valence-corrected chi connectivity index (χ0v) is 13.5. The normalized spacial score (nSPS) is 20.6. The van der Waals surface area contributed by atoms with Crippen LogP contribution in [0, 0.1) is 0 Å². The number of carbonyl (C=O) groups excluding carboxylic acids is 1. The molecule has 2 aromatic rings. The molecule has 0 bridgehead atoms. The third kappa shape index (κ3) is 3.11. The zero-order chi connectivity index (χ0) is 16.4. The molecule has 1 unspecified atom stereocenters. The summed E-state index contributed by atoms with van der Waals surface area (Å²) in [6.07, 6.45) is 10.3. The average Bonchev–Trinajstić information content (AvgIpc) is 3.25. The zero-order valence-electron chi connectivity index (χ0n) is 13.5. The van der Waals surface area contributed by atoms with Gasteiger partial charge >= 0.3 is 0 Å². The van der Waals surface area contributed by atoms with Crippen molar-refractivity contribution in [3.63, 3.8) is 0 Å². The van der Waals surface area contributed by atoms with Crippen molar-refractivity contribution in [2.45, 2.75) is 57.0 Å². The monoisotopic (exact) mass is 327 g/mol. The van der Waals surface area contributed by atoms with E-state index >= 15 is 0 Å². The molecule has 0 radical (unpaired) electrons. The summed E-state index contributed by atoms with van der Waals surface area (Å²) in [7, 11) is 0. The van der Waals surface area contributed by atoms with Crippen LogP contribution in [0.3, 0.4) is 0 Å². The molecule has 2 N–H and O–H groups in total. The fourth-order valence-electron chi connectivity index (χ4n) is 3.59. The largest absolute Gasteiger partial charge is 0.360 e. The lowest BCUT2D eigenvalue weighted by atomic mass is 9.92. The molecule has 1 saturated carbocycles. The topological polar surface area (TPSA) is 92.9 Å². The average molecular weight is 327 g/mol. The summed E-state index contributed by atoms with van der Waals surface area (Å²) in [6.45, 7) is 0. The molecule has 1 fully saturated rings. The molecule has 0 spiro atoms. The number of fused-ring (bicyclic) bond motifs is 1. The predicted molar refractivity (Wildman–Crippen MR) is 87.7 cm³/mol. The third-order valence-corrected chi connectivity index (χ3v) is 4.84. The van der Waals surface area contributed by atoms with Crippen molar-refractivity contribution >= 4 is 11.9 Å². The Hall–Kier alpha value is -2.44. The summed E-state index contributed by atoms with van der Waals surface area (Å²) in [5.41, 5.74) is 1.36. The first-order chi connectivity index (χ1) is 11.8. The lowest BCUT2D eigenvalue weighted by Gasteiger charge is -2.22. The lowest BCUT2D eigenvalue weighted by Crippen LogP contribution is -2.34. The van der Waals surface area contributed by atoms with Crippen LogP contribution in [0.2, 0.25) is 0 Å². The van der Waals surface area contributed by atoms with Crippen LogP contribution in [0.4, 0.5) is 5.95 Å². The second kappa shape index (κ2) is 6.59. The Kier molecular flexibility index (Phi) is 4.15. The van der Waals surface area contributed by atoms with Crippen LogP contribution in [-0.2, 0) is 12.8 Å². The van der Waals surface area contributed by atoms with Gasteiger partial charge in [0.1, 0.15) is 5.76 Å². The molecule has 2 aliphatic carbocycles. The van der Waals surface area contributed by atoms with Gasteiger partial charge < -0.3 is 15.2 Å². The summed E-state index contributed by atoms with van der Waals surface area (Å²) < 4.78 is 5.40.